The molecule has 3 N–H and O–H groups in total. The van der Waals surface area contributed by atoms with Gasteiger partial charge in [-0.15, -0.1) is 0 Å². The molecule has 1 heterocycles. The highest BCUT2D eigenvalue weighted by atomic mass is 16.1. The molecule has 0 bridgehead atoms. The molecule has 0 amide bonds. The Morgan fingerprint density at radius 3 is 2.88 bits per heavy atom. The number of hydrogen-bond donors (Lipinski definition) is 2. The van der Waals surface area contributed by atoms with Gasteiger partial charge in [-0.05, 0) is 18.8 Å². The largest absolute Gasteiger partial charge is 0.359 e. The molecule has 1 fully saturated rings. The summed E-state index contributed by atoms with van der Waals surface area (Å²) in [5.41, 5.74) is 5.68. The van der Waals surface area contributed by atoms with Crippen molar-refractivity contribution in [3.63, 3.8) is 0 Å². The first-order valence-corrected chi connectivity index (χ1v) is 6.15. The smallest absolute Gasteiger partial charge is 0.252 e. The number of anilines is 1. The van der Waals surface area contributed by atoms with Crippen LogP contribution in [0, 0.1) is 5.92 Å². The van der Waals surface area contributed by atoms with E-state index in [4.69, 9.17) is 5.73 Å². The van der Waals surface area contributed by atoms with E-state index in [-0.39, 0.29) is 5.56 Å². The molecular weight excluding hydrogens is 216 g/mol. The molecule has 0 saturated heterocycles. The normalized spacial score (nSPS) is 23.2. The maximum absolute atomic E-state index is 11.5. The second kappa shape index (κ2) is 4.87. The molecule has 1 aliphatic rings. The van der Waals surface area contributed by atoms with Gasteiger partial charge in [-0.25, -0.2) is 4.98 Å². The summed E-state index contributed by atoms with van der Waals surface area (Å²) in [4.78, 5) is 20.6. The number of aromatic nitrogens is 2. The van der Waals surface area contributed by atoms with Gasteiger partial charge in [0.1, 0.15) is 11.6 Å². The quantitative estimate of drug-likeness (QED) is 0.798. The van der Waals surface area contributed by atoms with Gasteiger partial charge in [0, 0.05) is 32.1 Å². The predicted octanol–water partition coefficient (Wildman–Crippen LogP) is 0.506. The Morgan fingerprint density at radius 1 is 1.59 bits per heavy atom. The molecule has 0 radical (unpaired) electrons. The lowest BCUT2D eigenvalue weighted by molar-refractivity contribution is 0.270. The topological polar surface area (TPSA) is 75.0 Å². The third kappa shape index (κ3) is 2.85. The number of H-pyrrole nitrogens is 1. The van der Waals surface area contributed by atoms with E-state index in [0.29, 0.717) is 12.0 Å². The fourth-order valence-electron chi connectivity index (χ4n) is 2.27. The minimum Gasteiger partial charge on any atom is -0.359 e. The summed E-state index contributed by atoms with van der Waals surface area (Å²) in [5.74, 6) is 2.14. The van der Waals surface area contributed by atoms with Gasteiger partial charge in [0.15, 0.2) is 0 Å². The van der Waals surface area contributed by atoms with Crippen molar-refractivity contribution in [2.45, 2.75) is 32.2 Å². The molecule has 94 valence electrons. The lowest BCUT2D eigenvalue weighted by atomic mass is 9.81. The molecule has 1 saturated carbocycles. The Kier molecular flexibility index (Phi) is 3.47. The zero-order valence-electron chi connectivity index (χ0n) is 10.4. The molecule has 1 aromatic rings. The van der Waals surface area contributed by atoms with Gasteiger partial charge in [0.25, 0.3) is 5.56 Å². The lowest BCUT2D eigenvalue weighted by Crippen LogP contribution is -2.42. The lowest BCUT2D eigenvalue weighted by Gasteiger charge is -2.35. The Balaban J connectivity index is 2.05. The molecule has 0 aliphatic heterocycles. The van der Waals surface area contributed by atoms with Crippen LogP contribution in [0.4, 0.5) is 5.82 Å². The Morgan fingerprint density at radius 2 is 2.29 bits per heavy atom. The van der Waals surface area contributed by atoms with Crippen molar-refractivity contribution >= 4 is 5.82 Å². The first-order chi connectivity index (χ1) is 8.08. The highest BCUT2D eigenvalue weighted by Gasteiger charge is 2.27. The summed E-state index contributed by atoms with van der Waals surface area (Å²) >= 11 is 0. The van der Waals surface area contributed by atoms with Crippen molar-refractivity contribution in [2.75, 3.05) is 18.5 Å². The molecule has 17 heavy (non-hydrogen) atoms. The van der Waals surface area contributed by atoms with Crippen LogP contribution >= 0.6 is 0 Å². The van der Waals surface area contributed by atoms with Crippen LogP contribution in [-0.2, 0) is 6.42 Å². The maximum Gasteiger partial charge on any atom is 0.252 e. The first-order valence-electron chi connectivity index (χ1n) is 6.15. The van der Waals surface area contributed by atoms with E-state index in [2.05, 4.69) is 9.97 Å². The zero-order valence-corrected chi connectivity index (χ0v) is 10.4. The van der Waals surface area contributed by atoms with Crippen molar-refractivity contribution in [3.8, 4) is 0 Å². The third-order valence-corrected chi connectivity index (χ3v) is 3.31. The standard InChI is InChI=1S/C12H20N4O/c1-3-10-14-11(6-12(17)15-10)16(2)7-8-4-9(13)5-8/h6,8-9H,3-5,7,13H2,1-2H3,(H,14,15,17). The summed E-state index contributed by atoms with van der Waals surface area (Å²) in [5, 5.41) is 0. The highest BCUT2D eigenvalue weighted by Crippen LogP contribution is 2.26. The average Bonchev–Trinajstić information content (AvgIpc) is 2.26. The van der Waals surface area contributed by atoms with Crippen molar-refractivity contribution < 1.29 is 0 Å². The average molecular weight is 236 g/mol. The molecule has 0 unspecified atom stereocenters. The maximum atomic E-state index is 11.5. The number of nitrogens with zero attached hydrogens (tertiary/aromatic N) is 2. The summed E-state index contributed by atoms with van der Waals surface area (Å²) in [7, 11) is 1.98. The second-order valence-corrected chi connectivity index (χ2v) is 4.88. The minimum absolute atomic E-state index is 0.0796. The van der Waals surface area contributed by atoms with E-state index in [0.717, 1.165) is 37.4 Å². The molecule has 5 nitrogen and oxygen atoms in total. The van der Waals surface area contributed by atoms with Gasteiger partial charge in [-0.1, -0.05) is 6.92 Å². The third-order valence-electron chi connectivity index (χ3n) is 3.31. The molecule has 0 spiro atoms. The van der Waals surface area contributed by atoms with E-state index < -0.39 is 0 Å². The summed E-state index contributed by atoms with van der Waals surface area (Å²) in [6, 6.07) is 1.92. The van der Waals surface area contributed by atoms with E-state index in [9.17, 15) is 4.79 Å². The molecule has 0 atom stereocenters. The summed E-state index contributed by atoms with van der Waals surface area (Å²) < 4.78 is 0. The van der Waals surface area contributed by atoms with Crippen LogP contribution in [0.2, 0.25) is 0 Å². The minimum atomic E-state index is -0.0796. The first kappa shape index (κ1) is 12.1. The fraction of sp³-hybridized carbons (Fsp3) is 0.667. The van der Waals surface area contributed by atoms with Gasteiger partial charge in [0.05, 0.1) is 0 Å². The van der Waals surface area contributed by atoms with Gasteiger partial charge in [0.2, 0.25) is 0 Å². The van der Waals surface area contributed by atoms with Gasteiger partial charge < -0.3 is 15.6 Å². The monoisotopic (exact) mass is 236 g/mol. The van der Waals surface area contributed by atoms with Crippen LogP contribution in [0.15, 0.2) is 10.9 Å². The molecule has 1 aliphatic carbocycles. The number of nitrogens with two attached hydrogens (primary N) is 1. The number of rotatable bonds is 4. The highest BCUT2D eigenvalue weighted by molar-refractivity contribution is 5.36. The van der Waals surface area contributed by atoms with Crippen LogP contribution in [0.1, 0.15) is 25.6 Å². The van der Waals surface area contributed by atoms with Crippen molar-refractivity contribution in [1.82, 2.24) is 9.97 Å². The number of hydrogen-bond acceptors (Lipinski definition) is 4. The summed E-state index contributed by atoms with van der Waals surface area (Å²) in [6.07, 6.45) is 2.90. The van der Waals surface area contributed by atoms with Gasteiger partial charge in [-0.2, -0.15) is 0 Å². The van der Waals surface area contributed by atoms with Crippen molar-refractivity contribution in [3.05, 3.63) is 22.2 Å². The van der Waals surface area contributed by atoms with Crippen LogP contribution < -0.4 is 16.2 Å². The van der Waals surface area contributed by atoms with Gasteiger partial charge >= 0.3 is 0 Å². The second-order valence-electron chi connectivity index (χ2n) is 4.88. The van der Waals surface area contributed by atoms with Crippen molar-refractivity contribution in [1.29, 1.82) is 0 Å². The van der Waals surface area contributed by atoms with E-state index in [1.54, 1.807) is 6.07 Å². The molecule has 5 heteroatoms. The Labute approximate surface area is 101 Å². The molecule has 2 rings (SSSR count). The van der Waals surface area contributed by atoms with Crippen LogP contribution in [-0.4, -0.2) is 29.6 Å². The zero-order chi connectivity index (χ0) is 12.4. The Bertz CT molecular complexity index is 436. The number of aryl methyl sites for hydroxylation is 1. The van der Waals surface area contributed by atoms with Gasteiger partial charge in [-0.3, -0.25) is 4.79 Å². The van der Waals surface area contributed by atoms with E-state index in [1.807, 2.05) is 18.9 Å². The van der Waals surface area contributed by atoms with Crippen molar-refractivity contribution in [2.24, 2.45) is 11.7 Å². The number of aromatic amines is 1. The fourth-order valence-corrected chi connectivity index (χ4v) is 2.27. The number of nitrogens with one attached hydrogen (secondary N) is 1. The van der Waals surface area contributed by atoms with Crippen LogP contribution in [0.5, 0.6) is 0 Å². The SMILES string of the molecule is CCc1nc(N(C)CC2CC(N)C2)cc(=O)[nH]1. The predicted molar refractivity (Wildman–Crippen MR) is 68.2 cm³/mol. The van der Waals surface area contributed by atoms with Crippen LogP contribution in [0.25, 0.3) is 0 Å². The van der Waals surface area contributed by atoms with E-state index >= 15 is 0 Å². The molecule has 1 aromatic heterocycles. The molecule has 0 aromatic carbocycles. The van der Waals surface area contributed by atoms with E-state index in [1.165, 1.54) is 0 Å². The Hall–Kier alpha value is -1.36. The van der Waals surface area contributed by atoms with Crippen LogP contribution in [0.3, 0.4) is 0 Å². The summed E-state index contributed by atoms with van der Waals surface area (Å²) in [6.45, 7) is 2.90. The molecular formula is C12H20N4O.